The van der Waals surface area contributed by atoms with Crippen molar-refractivity contribution < 1.29 is 4.79 Å². The Hall–Kier alpha value is -1.95. The molecule has 0 saturated carbocycles. The average molecular weight is 276 g/mol. The van der Waals surface area contributed by atoms with Crippen molar-refractivity contribution in [3.8, 4) is 0 Å². The van der Waals surface area contributed by atoms with Gasteiger partial charge in [0, 0.05) is 16.8 Å². The number of carbonyl (C=O) groups excluding carboxylic acids is 1. The number of nitrogens with zero attached hydrogens (tertiary/aromatic N) is 2. The van der Waals surface area contributed by atoms with E-state index in [1.54, 1.807) is 24.6 Å². The first-order valence-electron chi connectivity index (χ1n) is 5.97. The largest absolute Gasteiger partial charge is 0.372 e. The smallest absolute Gasteiger partial charge is 0.272 e. The predicted molar refractivity (Wildman–Crippen MR) is 76.5 cm³/mol. The van der Waals surface area contributed by atoms with Gasteiger partial charge in [-0.1, -0.05) is 0 Å². The van der Waals surface area contributed by atoms with Gasteiger partial charge in [0.15, 0.2) is 0 Å². The van der Waals surface area contributed by atoms with E-state index in [1.165, 1.54) is 11.1 Å². The number of anilines is 1. The molecule has 0 aliphatic carbocycles. The molecule has 2 rings (SSSR count). The maximum absolute atomic E-state index is 12.1. The SMILES string of the molecule is CNc1cncc(C(=O)NC(C)c2ccc(C)s2)n1. The zero-order valence-electron chi connectivity index (χ0n) is 11.1. The van der Waals surface area contributed by atoms with E-state index in [9.17, 15) is 4.79 Å². The van der Waals surface area contributed by atoms with Crippen molar-refractivity contribution >= 4 is 23.1 Å². The van der Waals surface area contributed by atoms with E-state index in [0.29, 0.717) is 11.5 Å². The lowest BCUT2D eigenvalue weighted by atomic mass is 10.2. The zero-order chi connectivity index (χ0) is 13.8. The summed E-state index contributed by atoms with van der Waals surface area (Å²) in [4.78, 5) is 22.6. The Bertz CT molecular complexity index is 582. The third kappa shape index (κ3) is 3.29. The lowest BCUT2D eigenvalue weighted by Gasteiger charge is -2.12. The van der Waals surface area contributed by atoms with Crippen molar-refractivity contribution in [1.82, 2.24) is 15.3 Å². The van der Waals surface area contributed by atoms with E-state index in [1.807, 2.05) is 26.0 Å². The second-order valence-corrected chi connectivity index (χ2v) is 5.50. The molecule has 2 heterocycles. The molecular formula is C13H16N4OS. The molecule has 19 heavy (non-hydrogen) atoms. The second-order valence-electron chi connectivity index (χ2n) is 4.18. The Morgan fingerprint density at radius 1 is 1.37 bits per heavy atom. The maximum atomic E-state index is 12.1. The number of thiophene rings is 1. The Morgan fingerprint density at radius 2 is 2.16 bits per heavy atom. The predicted octanol–water partition coefficient (Wildman–Crippen LogP) is 2.38. The van der Waals surface area contributed by atoms with E-state index < -0.39 is 0 Å². The van der Waals surface area contributed by atoms with Crippen LogP contribution in [0.5, 0.6) is 0 Å². The van der Waals surface area contributed by atoms with Gasteiger partial charge >= 0.3 is 0 Å². The van der Waals surface area contributed by atoms with Crippen LogP contribution in [0.4, 0.5) is 5.82 Å². The number of aromatic nitrogens is 2. The van der Waals surface area contributed by atoms with Gasteiger partial charge in [-0.05, 0) is 26.0 Å². The minimum Gasteiger partial charge on any atom is -0.372 e. The molecule has 5 nitrogen and oxygen atoms in total. The lowest BCUT2D eigenvalue weighted by molar-refractivity contribution is 0.0935. The van der Waals surface area contributed by atoms with Gasteiger partial charge in [-0.3, -0.25) is 9.78 Å². The van der Waals surface area contributed by atoms with E-state index >= 15 is 0 Å². The average Bonchev–Trinajstić information content (AvgIpc) is 2.85. The fourth-order valence-corrected chi connectivity index (χ4v) is 2.50. The fraction of sp³-hybridized carbons (Fsp3) is 0.308. The quantitative estimate of drug-likeness (QED) is 0.899. The highest BCUT2D eigenvalue weighted by Gasteiger charge is 2.14. The Balaban J connectivity index is 2.08. The number of hydrogen-bond acceptors (Lipinski definition) is 5. The van der Waals surface area contributed by atoms with Crippen LogP contribution in [0.3, 0.4) is 0 Å². The number of amides is 1. The van der Waals surface area contributed by atoms with Crippen LogP contribution in [0.25, 0.3) is 0 Å². The molecule has 0 saturated heterocycles. The van der Waals surface area contributed by atoms with E-state index in [2.05, 4.69) is 20.6 Å². The first-order valence-corrected chi connectivity index (χ1v) is 6.79. The van der Waals surface area contributed by atoms with E-state index in [-0.39, 0.29) is 11.9 Å². The van der Waals surface area contributed by atoms with E-state index in [4.69, 9.17) is 0 Å². The number of carbonyl (C=O) groups is 1. The molecule has 0 aliphatic heterocycles. The third-order valence-corrected chi connectivity index (χ3v) is 3.84. The van der Waals surface area contributed by atoms with Gasteiger partial charge in [0.1, 0.15) is 11.5 Å². The van der Waals surface area contributed by atoms with Gasteiger partial charge in [0.25, 0.3) is 5.91 Å². The number of rotatable bonds is 4. The maximum Gasteiger partial charge on any atom is 0.272 e. The molecule has 2 aromatic heterocycles. The highest BCUT2D eigenvalue weighted by Crippen LogP contribution is 2.22. The second kappa shape index (κ2) is 5.79. The van der Waals surface area contributed by atoms with E-state index in [0.717, 1.165) is 4.88 Å². The standard InChI is InChI=1S/C13H16N4OS/c1-8-4-5-11(19-8)9(2)16-13(18)10-6-15-7-12(14-3)17-10/h4-7,9H,1-3H3,(H,14,17)(H,16,18). The summed E-state index contributed by atoms with van der Waals surface area (Å²) in [5.74, 6) is 0.357. The molecule has 0 radical (unpaired) electrons. The molecule has 2 N–H and O–H groups in total. The molecule has 2 aromatic rings. The van der Waals surface area contributed by atoms with Crippen LogP contribution in [0.1, 0.15) is 33.2 Å². The summed E-state index contributed by atoms with van der Waals surface area (Å²) >= 11 is 1.68. The van der Waals surface area contributed by atoms with Crippen LogP contribution >= 0.6 is 11.3 Å². The molecule has 0 aromatic carbocycles. The highest BCUT2D eigenvalue weighted by atomic mass is 32.1. The Labute approximate surface area is 116 Å². The van der Waals surface area contributed by atoms with Crippen LogP contribution < -0.4 is 10.6 Å². The van der Waals surface area contributed by atoms with Gasteiger partial charge in [0.05, 0.1) is 18.4 Å². The zero-order valence-corrected chi connectivity index (χ0v) is 11.9. The molecule has 0 bridgehead atoms. The molecule has 100 valence electrons. The molecule has 0 aliphatic rings. The highest BCUT2D eigenvalue weighted by molar-refractivity contribution is 7.12. The minimum absolute atomic E-state index is 0.0359. The van der Waals surface area contributed by atoms with Gasteiger partial charge in [0.2, 0.25) is 0 Å². The summed E-state index contributed by atoms with van der Waals surface area (Å²) in [5, 5.41) is 5.78. The van der Waals surface area contributed by atoms with Crippen LogP contribution in [0.15, 0.2) is 24.5 Å². The third-order valence-electron chi connectivity index (χ3n) is 2.66. The Morgan fingerprint density at radius 3 is 2.79 bits per heavy atom. The number of hydrogen-bond donors (Lipinski definition) is 2. The summed E-state index contributed by atoms with van der Waals surface area (Å²) in [7, 11) is 1.74. The molecule has 1 unspecified atom stereocenters. The van der Waals surface area contributed by atoms with Crippen LogP contribution in [-0.4, -0.2) is 22.9 Å². The van der Waals surface area contributed by atoms with Gasteiger partial charge in [-0.2, -0.15) is 0 Å². The normalized spacial score (nSPS) is 11.9. The van der Waals surface area contributed by atoms with Crippen molar-refractivity contribution in [2.75, 3.05) is 12.4 Å². The molecular weight excluding hydrogens is 260 g/mol. The van der Waals surface area contributed by atoms with Crippen LogP contribution in [0, 0.1) is 6.92 Å². The monoisotopic (exact) mass is 276 g/mol. The summed E-state index contributed by atoms with van der Waals surface area (Å²) in [6.45, 7) is 4.00. The molecule has 1 atom stereocenters. The van der Waals surface area contributed by atoms with Crippen molar-refractivity contribution in [3.63, 3.8) is 0 Å². The molecule has 0 spiro atoms. The molecule has 6 heteroatoms. The number of nitrogens with one attached hydrogen (secondary N) is 2. The van der Waals surface area contributed by atoms with Crippen molar-refractivity contribution in [2.24, 2.45) is 0 Å². The van der Waals surface area contributed by atoms with Crippen molar-refractivity contribution in [1.29, 1.82) is 0 Å². The van der Waals surface area contributed by atoms with Crippen molar-refractivity contribution in [2.45, 2.75) is 19.9 Å². The van der Waals surface area contributed by atoms with Crippen LogP contribution in [-0.2, 0) is 0 Å². The van der Waals surface area contributed by atoms with Crippen molar-refractivity contribution in [3.05, 3.63) is 40.0 Å². The van der Waals surface area contributed by atoms with Crippen LogP contribution in [0.2, 0.25) is 0 Å². The summed E-state index contributed by atoms with van der Waals surface area (Å²) in [6, 6.07) is 4.04. The summed E-state index contributed by atoms with van der Waals surface area (Å²) < 4.78 is 0. The minimum atomic E-state index is -0.219. The first-order chi connectivity index (χ1) is 9.10. The van der Waals surface area contributed by atoms with Gasteiger partial charge < -0.3 is 10.6 Å². The first kappa shape index (κ1) is 13.5. The Kier molecular flexibility index (Phi) is 4.11. The number of aryl methyl sites for hydroxylation is 1. The lowest BCUT2D eigenvalue weighted by Crippen LogP contribution is -2.27. The van der Waals surface area contributed by atoms with Gasteiger partial charge in [-0.25, -0.2) is 4.98 Å². The summed E-state index contributed by atoms with van der Waals surface area (Å²) in [5.41, 5.74) is 0.312. The molecule has 1 amide bonds. The van der Waals surface area contributed by atoms with Gasteiger partial charge in [-0.15, -0.1) is 11.3 Å². The fourth-order valence-electron chi connectivity index (χ4n) is 1.62. The molecule has 0 fully saturated rings. The summed E-state index contributed by atoms with van der Waals surface area (Å²) in [6.07, 6.45) is 3.03. The topological polar surface area (TPSA) is 66.9 Å².